The number of aromatic amines is 1. The van der Waals surface area contributed by atoms with Crippen molar-refractivity contribution in [3.05, 3.63) is 65.5 Å². The van der Waals surface area contributed by atoms with Crippen molar-refractivity contribution < 1.29 is 14.1 Å². The summed E-state index contributed by atoms with van der Waals surface area (Å²) in [7, 11) is 3.42. The van der Waals surface area contributed by atoms with Gasteiger partial charge in [-0.25, -0.2) is 9.97 Å². The van der Waals surface area contributed by atoms with Crippen LogP contribution in [0, 0.1) is 0 Å². The standard InChI is InChI=1S/C26H25N5O3S/c1-30(2)24(32)13-34-17-7-6-16-9-11-31(23(16)12-17)26-20-14-35(33)15-22(20)28-25(29-26)19-4-3-5-21-18(19)8-10-27-21/h3-8,10,12,27H,9,11,13-15H2,1-2H3. The van der Waals surface area contributed by atoms with Crippen molar-refractivity contribution in [1.29, 1.82) is 0 Å². The Morgan fingerprint density at radius 1 is 1.20 bits per heavy atom. The number of fused-ring (bicyclic) bond motifs is 3. The number of anilines is 2. The highest BCUT2D eigenvalue weighted by Crippen LogP contribution is 2.41. The summed E-state index contributed by atoms with van der Waals surface area (Å²) in [5, 5.41) is 1.06. The van der Waals surface area contributed by atoms with Gasteiger partial charge in [0.15, 0.2) is 12.4 Å². The molecule has 2 aliphatic heterocycles. The van der Waals surface area contributed by atoms with E-state index in [1.807, 2.05) is 48.7 Å². The fourth-order valence-electron chi connectivity index (χ4n) is 4.72. The Labute approximate surface area is 206 Å². The van der Waals surface area contributed by atoms with Crippen molar-refractivity contribution in [3.8, 4) is 17.1 Å². The Balaban J connectivity index is 1.42. The van der Waals surface area contributed by atoms with E-state index in [0.717, 1.165) is 52.2 Å². The Hall–Kier alpha value is -3.56. The van der Waals surface area contributed by atoms with Gasteiger partial charge in [-0.15, -0.1) is 0 Å². The molecule has 6 rings (SSSR count). The molecule has 0 spiro atoms. The molecule has 4 aromatic rings. The molecule has 35 heavy (non-hydrogen) atoms. The van der Waals surface area contributed by atoms with Gasteiger partial charge in [-0.1, -0.05) is 18.2 Å². The molecule has 4 heterocycles. The zero-order valence-corrected chi connectivity index (χ0v) is 20.4. The van der Waals surface area contributed by atoms with Gasteiger partial charge in [0, 0.05) is 55.1 Å². The smallest absolute Gasteiger partial charge is 0.259 e. The van der Waals surface area contributed by atoms with E-state index in [1.165, 1.54) is 10.5 Å². The fraction of sp³-hybridized carbons (Fsp3) is 0.269. The second kappa shape index (κ2) is 8.58. The van der Waals surface area contributed by atoms with Crippen molar-refractivity contribution in [2.75, 3.05) is 32.1 Å². The molecule has 0 aliphatic carbocycles. The number of H-pyrrole nitrogens is 1. The van der Waals surface area contributed by atoms with E-state index in [1.54, 1.807) is 14.1 Å². The average Bonchev–Trinajstić information content (AvgIpc) is 3.58. The molecule has 1 N–H and O–H groups in total. The Bertz CT molecular complexity index is 1450. The third-order valence-electron chi connectivity index (χ3n) is 6.58. The predicted octanol–water partition coefficient (Wildman–Crippen LogP) is 3.55. The molecule has 2 aromatic carbocycles. The Morgan fingerprint density at radius 3 is 2.94 bits per heavy atom. The highest BCUT2D eigenvalue weighted by Gasteiger charge is 2.34. The van der Waals surface area contributed by atoms with Crippen LogP contribution in [0.3, 0.4) is 0 Å². The van der Waals surface area contributed by atoms with Crippen LogP contribution in [0.25, 0.3) is 22.3 Å². The van der Waals surface area contributed by atoms with Crippen LogP contribution in [0.1, 0.15) is 16.8 Å². The monoisotopic (exact) mass is 487 g/mol. The lowest BCUT2D eigenvalue weighted by molar-refractivity contribution is -0.130. The highest BCUT2D eigenvalue weighted by atomic mass is 32.2. The van der Waals surface area contributed by atoms with Gasteiger partial charge in [-0.2, -0.15) is 0 Å². The third-order valence-corrected chi connectivity index (χ3v) is 7.78. The van der Waals surface area contributed by atoms with Gasteiger partial charge in [0.1, 0.15) is 28.8 Å². The van der Waals surface area contributed by atoms with E-state index < -0.39 is 11.2 Å². The molecule has 178 valence electrons. The summed E-state index contributed by atoms with van der Waals surface area (Å²) in [4.78, 5) is 28.8. The van der Waals surface area contributed by atoms with Gasteiger partial charge < -0.3 is 24.1 Å². The van der Waals surface area contributed by atoms with Crippen molar-refractivity contribution in [2.45, 2.75) is 17.9 Å². The Morgan fingerprint density at radius 2 is 2.09 bits per heavy atom. The lowest BCUT2D eigenvalue weighted by atomic mass is 10.1. The molecule has 2 aliphatic rings. The number of rotatable bonds is 5. The SMILES string of the molecule is CN(C)C(=O)COc1ccc2c(c1)N(c1nc(-c3cccc4[nH]ccc34)nc3c1C[S+]([O-])C3)CC2. The molecule has 2 aromatic heterocycles. The normalized spacial score (nSPS) is 16.4. The number of hydrogen-bond donors (Lipinski definition) is 1. The molecule has 8 nitrogen and oxygen atoms in total. The van der Waals surface area contributed by atoms with Gasteiger partial charge >= 0.3 is 0 Å². The van der Waals surface area contributed by atoms with Crippen LogP contribution < -0.4 is 9.64 Å². The summed E-state index contributed by atoms with van der Waals surface area (Å²) < 4.78 is 18.3. The first-order valence-corrected chi connectivity index (χ1v) is 13.0. The van der Waals surface area contributed by atoms with Gasteiger partial charge in [0.2, 0.25) is 0 Å². The number of ether oxygens (including phenoxy) is 1. The maximum absolute atomic E-state index is 12.6. The van der Waals surface area contributed by atoms with Crippen molar-refractivity contribution >= 4 is 39.5 Å². The van der Waals surface area contributed by atoms with E-state index in [4.69, 9.17) is 14.7 Å². The number of nitrogens with one attached hydrogen (secondary N) is 1. The summed E-state index contributed by atoms with van der Waals surface area (Å²) in [5.41, 5.74) is 5.98. The van der Waals surface area contributed by atoms with E-state index in [9.17, 15) is 9.35 Å². The number of aromatic nitrogens is 3. The van der Waals surface area contributed by atoms with Crippen LogP contribution in [-0.4, -0.2) is 57.6 Å². The molecule has 9 heteroatoms. The second-order valence-electron chi connectivity index (χ2n) is 9.04. The zero-order valence-electron chi connectivity index (χ0n) is 19.6. The molecule has 0 fully saturated rings. The molecule has 0 saturated heterocycles. The van der Waals surface area contributed by atoms with E-state index in [0.29, 0.717) is 23.1 Å². The van der Waals surface area contributed by atoms with E-state index >= 15 is 0 Å². The highest BCUT2D eigenvalue weighted by molar-refractivity contribution is 7.90. The maximum atomic E-state index is 12.6. The van der Waals surface area contributed by atoms with Gasteiger partial charge in [-0.05, 0) is 41.4 Å². The molecule has 1 unspecified atom stereocenters. The van der Waals surface area contributed by atoms with Gasteiger partial charge in [0.25, 0.3) is 5.91 Å². The van der Waals surface area contributed by atoms with Crippen LogP contribution in [-0.2, 0) is 33.9 Å². The van der Waals surface area contributed by atoms with Crippen LogP contribution in [0.4, 0.5) is 11.5 Å². The first kappa shape index (κ1) is 21.9. The van der Waals surface area contributed by atoms with Crippen LogP contribution in [0.15, 0.2) is 48.7 Å². The molecule has 1 amide bonds. The summed E-state index contributed by atoms with van der Waals surface area (Å²) in [6.07, 6.45) is 2.79. The predicted molar refractivity (Wildman–Crippen MR) is 136 cm³/mol. The molecular formula is C26H25N5O3S. The summed E-state index contributed by atoms with van der Waals surface area (Å²) in [5.74, 6) is 2.89. The summed E-state index contributed by atoms with van der Waals surface area (Å²) in [6, 6.07) is 14.0. The number of benzene rings is 2. The minimum atomic E-state index is -0.991. The minimum absolute atomic E-state index is 0.0154. The summed E-state index contributed by atoms with van der Waals surface area (Å²) >= 11 is -0.991. The topological polar surface area (TPSA) is 97.4 Å². The summed E-state index contributed by atoms with van der Waals surface area (Å²) in [6.45, 7) is 0.748. The largest absolute Gasteiger partial charge is 0.616 e. The lowest BCUT2D eigenvalue weighted by Gasteiger charge is -2.22. The van der Waals surface area contributed by atoms with Crippen molar-refractivity contribution in [3.63, 3.8) is 0 Å². The van der Waals surface area contributed by atoms with Gasteiger partial charge in [-0.3, -0.25) is 4.79 Å². The second-order valence-corrected chi connectivity index (χ2v) is 10.5. The lowest BCUT2D eigenvalue weighted by Crippen LogP contribution is -2.27. The molecule has 1 atom stereocenters. The number of nitrogens with zero attached hydrogens (tertiary/aromatic N) is 4. The van der Waals surface area contributed by atoms with Crippen molar-refractivity contribution in [1.82, 2.24) is 19.9 Å². The first-order valence-electron chi connectivity index (χ1n) is 11.5. The molecular weight excluding hydrogens is 462 g/mol. The van der Waals surface area contributed by atoms with Crippen LogP contribution >= 0.6 is 0 Å². The van der Waals surface area contributed by atoms with E-state index in [-0.39, 0.29) is 12.5 Å². The third kappa shape index (κ3) is 3.90. The number of carbonyl (C=O) groups is 1. The van der Waals surface area contributed by atoms with E-state index in [2.05, 4.69) is 9.88 Å². The number of carbonyl (C=O) groups excluding carboxylic acids is 1. The Kier molecular flexibility index (Phi) is 5.38. The molecule has 0 radical (unpaired) electrons. The fourth-order valence-corrected chi connectivity index (χ4v) is 5.98. The van der Waals surface area contributed by atoms with Crippen LogP contribution in [0.5, 0.6) is 5.75 Å². The number of likely N-dealkylation sites (N-methyl/N-ethyl adjacent to an activating group) is 1. The minimum Gasteiger partial charge on any atom is -0.616 e. The average molecular weight is 488 g/mol. The number of amides is 1. The molecule has 0 bridgehead atoms. The molecule has 0 saturated carbocycles. The first-order chi connectivity index (χ1) is 17.0. The zero-order chi connectivity index (χ0) is 24.1. The maximum Gasteiger partial charge on any atom is 0.259 e. The van der Waals surface area contributed by atoms with Crippen LogP contribution in [0.2, 0.25) is 0 Å². The number of hydrogen-bond acceptors (Lipinski definition) is 6. The quantitative estimate of drug-likeness (QED) is 0.433. The van der Waals surface area contributed by atoms with Crippen molar-refractivity contribution in [2.24, 2.45) is 0 Å². The van der Waals surface area contributed by atoms with Gasteiger partial charge in [0.05, 0.1) is 5.56 Å².